The van der Waals surface area contributed by atoms with Crippen LogP contribution in [0, 0.1) is 13.8 Å². The number of carbonyl (C=O) groups is 1. The Labute approximate surface area is 204 Å². The number of amides is 1. The van der Waals surface area contributed by atoms with Crippen molar-refractivity contribution >= 4 is 16.8 Å². The van der Waals surface area contributed by atoms with E-state index in [4.69, 9.17) is 9.47 Å². The van der Waals surface area contributed by atoms with Gasteiger partial charge in [-0.3, -0.25) is 9.59 Å². The molecule has 0 fully saturated rings. The quantitative estimate of drug-likeness (QED) is 0.460. The van der Waals surface area contributed by atoms with E-state index in [0.717, 1.165) is 33.2 Å². The number of benzene rings is 3. The van der Waals surface area contributed by atoms with Gasteiger partial charge < -0.3 is 19.4 Å². The molecule has 0 radical (unpaired) electrons. The summed E-state index contributed by atoms with van der Waals surface area (Å²) >= 11 is 0. The minimum Gasteiger partial charge on any atom is -0.493 e. The molecule has 1 amide bonds. The number of nitrogens with one attached hydrogen (secondary N) is 1. The third-order valence-electron chi connectivity index (χ3n) is 6.72. The van der Waals surface area contributed by atoms with Gasteiger partial charge >= 0.3 is 0 Å². The number of aryl methyl sites for hydroxylation is 2. The predicted molar refractivity (Wildman–Crippen MR) is 137 cm³/mol. The van der Waals surface area contributed by atoms with Crippen molar-refractivity contribution in [2.75, 3.05) is 20.8 Å². The molecule has 1 aliphatic heterocycles. The molecule has 5 rings (SSSR count). The van der Waals surface area contributed by atoms with Gasteiger partial charge in [0.25, 0.3) is 11.5 Å². The number of fused-ring (bicyclic) bond motifs is 2. The van der Waals surface area contributed by atoms with E-state index in [2.05, 4.69) is 4.98 Å². The Hall–Kier alpha value is -4.06. The highest BCUT2D eigenvalue weighted by Gasteiger charge is 2.35. The molecule has 0 saturated carbocycles. The molecule has 1 N–H and O–H groups in total. The number of aromatic nitrogens is 1. The van der Waals surface area contributed by atoms with Gasteiger partial charge in [0, 0.05) is 23.2 Å². The van der Waals surface area contributed by atoms with Gasteiger partial charge in [0.15, 0.2) is 11.5 Å². The number of pyridine rings is 1. The number of rotatable bonds is 4. The van der Waals surface area contributed by atoms with E-state index in [1.54, 1.807) is 19.1 Å². The molecule has 6 heteroatoms. The number of hydrogen-bond acceptors (Lipinski definition) is 4. The maximum atomic E-state index is 13.8. The first-order valence-electron chi connectivity index (χ1n) is 11.7. The van der Waals surface area contributed by atoms with Crippen molar-refractivity contribution in [3.63, 3.8) is 0 Å². The number of aromatic amines is 1. The van der Waals surface area contributed by atoms with Gasteiger partial charge in [0.1, 0.15) is 0 Å². The fraction of sp³-hybridized carbons (Fsp3) is 0.241. The van der Waals surface area contributed by atoms with Crippen LogP contribution >= 0.6 is 0 Å². The number of methoxy groups -OCH3 is 2. The second-order valence-corrected chi connectivity index (χ2v) is 9.07. The zero-order chi connectivity index (χ0) is 24.7. The van der Waals surface area contributed by atoms with Crippen molar-refractivity contribution in [3.8, 4) is 11.5 Å². The number of carbonyl (C=O) groups excluding carboxylic acids is 1. The molecule has 1 aliphatic rings. The van der Waals surface area contributed by atoms with Crippen molar-refractivity contribution in [2.24, 2.45) is 0 Å². The second kappa shape index (κ2) is 8.95. The zero-order valence-electron chi connectivity index (χ0n) is 20.3. The Morgan fingerprint density at radius 1 is 0.914 bits per heavy atom. The van der Waals surface area contributed by atoms with Crippen LogP contribution in [0.25, 0.3) is 10.9 Å². The number of H-pyrrole nitrogens is 1. The highest BCUT2D eigenvalue weighted by atomic mass is 16.5. The molecule has 0 spiro atoms. The van der Waals surface area contributed by atoms with E-state index in [9.17, 15) is 9.59 Å². The maximum Gasteiger partial charge on any atom is 0.254 e. The van der Waals surface area contributed by atoms with E-state index < -0.39 is 6.04 Å². The van der Waals surface area contributed by atoms with Crippen LogP contribution in [0.5, 0.6) is 11.5 Å². The average Bonchev–Trinajstić information content (AvgIpc) is 2.86. The molecule has 0 saturated heterocycles. The summed E-state index contributed by atoms with van der Waals surface area (Å²) in [6, 6.07) is 18.7. The molecule has 1 aromatic heterocycles. The zero-order valence-corrected chi connectivity index (χ0v) is 20.3. The third kappa shape index (κ3) is 4.05. The van der Waals surface area contributed by atoms with Crippen molar-refractivity contribution in [3.05, 3.63) is 104 Å². The molecular formula is C29H28N2O4. The lowest BCUT2D eigenvalue weighted by Gasteiger charge is -2.38. The van der Waals surface area contributed by atoms with Crippen molar-refractivity contribution in [1.29, 1.82) is 0 Å². The first-order chi connectivity index (χ1) is 16.9. The Morgan fingerprint density at radius 2 is 1.66 bits per heavy atom. The summed E-state index contributed by atoms with van der Waals surface area (Å²) in [4.78, 5) is 32.0. The molecule has 35 heavy (non-hydrogen) atoms. The molecular weight excluding hydrogens is 440 g/mol. The lowest BCUT2D eigenvalue weighted by molar-refractivity contribution is 0.0693. The van der Waals surface area contributed by atoms with Crippen LogP contribution < -0.4 is 15.0 Å². The molecule has 1 atom stereocenters. The van der Waals surface area contributed by atoms with Crippen LogP contribution in [0.15, 0.2) is 65.5 Å². The van der Waals surface area contributed by atoms with E-state index in [1.807, 2.05) is 74.5 Å². The molecule has 4 aromatic rings. The Bertz CT molecular complexity index is 1500. The molecule has 0 unspecified atom stereocenters. The molecule has 0 aliphatic carbocycles. The van der Waals surface area contributed by atoms with E-state index in [0.29, 0.717) is 35.6 Å². The predicted octanol–water partition coefficient (Wildman–Crippen LogP) is 4.95. The summed E-state index contributed by atoms with van der Waals surface area (Å²) in [5.74, 6) is 1.09. The van der Waals surface area contributed by atoms with Gasteiger partial charge in [-0.1, -0.05) is 29.3 Å². The lowest BCUT2D eigenvalue weighted by Crippen LogP contribution is -2.42. The van der Waals surface area contributed by atoms with Crippen LogP contribution in [-0.4, -0.2) is 36.6 Å². The third-order valence-corrected chi connectivity index (χ3v) is 6.72. The standard InChI is InChI=1S/C29H28N2O4/c1-17-6-5-7-20(12-17)29(33)31-11-10-19-15-25(34-3)26(35-4)16-22(19)27(31)23-14-21-13-18(2)8-9-24(21)30-28(23)32/h5-9,12-16,27H,10-11H2,1-4H3,(H,30,32)/t27-/m0/s1. The van der Waals surface area contributed by atoms with Gasteiger partial charge in [-0.05, 0) is 79.2 Å². The van der Waals surface area contributed by atoms with E-state index >= 15 is 0 Å². The molecule has 2 heterocycles. The molecule has 6 nitrogen and oxygen atoms in total. The summed E-state index contributed by atoms with van der Waals surface area (Å²) in [6.45, 7) is 4.46. The lowest BCUT2D eigenvalue weighted by atomic mass is 9.87. The molecule has 0 bridgehead atoms. The number of nitrogens with zero attached hydrogens (tertiary/aromatic N) is 1. The van der Waals surface area contributed by atoms with Crippen LogP contribution in [0.3, 0.4) is 0 Å². The van der Waals surface area contributed by atoms with Crippen LogP contribution in [0.2, 0.25) is 0 Å². The maximum absolute atomic E-state index is 13.8. The van der Waals surface area contributed by atoms with Crippen LogP contribution in [0.1, 0.15) is 44.2 Å². The second-order valence-electron chi connectivity index (χ2n) is 9.07. The van der Waals surface area contributed by atoms with Crippen molar-refractivity contribution < 1.29 is 14.3 Å². The monoisotopic (exact) mass is 468 g/mol. The summed E-state index contributed by atoms with van der Waals surface area (Å²) < 4.78 is 11.1. The minimum atomic E-state index is -0.569. The normalized spacial score (nSPS) is 15.1. The first-order valence-corrected chi connectivity index (χ1v) is 11.7. The van der Waals surface area contributed by atoms with Crippen LogP contribution in [0.4, 0.5) is 0 Å². The average molecular weight is 469 g/mol. The highest BCUT2D eigenvalue weighted by Crippen LogP contribution is 2.41. The van der Waals surface area contributed by atoms with Crippen molar-refractivity contribution in [2.45, 2.75) is 26.3 Å². The van der Waals surface area contributed by atoms with E-state index in [-0.39, 0.29) is 11.5 Å². The largest absolute Gasteiger partial charge is 0.493 e. The van der Waals surface area contributed by atoms with Gasteiger partial charge in [-0.25, -0.2) is 0 Å². The van der Waals surface area contributed by atoms with Crippen molar-refractivity contribution in [1.82, 2.24) is 9.88 Å². The topological polar surface area (TPSA) is 71.6 Å². The van der Waals surface area contributed by atoms with Gasteiger partial charge in [-0.2, -0.15) is 0 Å². The fourth-order valence-corrected chi connectivity index (χ4v) is 4.99. The summed E-state index contributed by atoms with van der Waals surface area (Å²) in [7, 11) is 3.19. The summed E-state index contributed by atoms with van der Waals surface area (Å²) in [5, 5.41) is 0.926. The first kappa shape index (κ1) is 22.7. The molecule has 3 aromatic carbocycles. The highest BCUT2D eigenvalue weighted by molar-refractivity contribution is 5.95. The minimum absolute atomic E-state index is 0.108. The van der Waals surface area contributed by atoms with Gasteiger partial charge in [0.2, 0.25) is 0 Å². The number of hydrogen-bond donors (Lipinski definition) is 1. The smallest absolute Gasteiger partial charge is 0.254 e. The number of ether oxygens (including phenoxy) is 2. The molecule has 178 valence electrons. The Morgan fingerprint density at radius 3 is 2.40 bits per heavy atom. The SMILES string of the molecule is COc1cc2c(cc1OC)[C@@H](c1cc3cc(C)ccc3[nH]c1=O)N(C(=O)c1cccc(C)c1)CC2. The summed E-state index contributed by atoms with van der Waals surface area (Å²) in [5.41, 5.74) is 5.69. The van der Waals surface area contributed by atoms with Gasteiger partial charge in [-0.15, -0.1) is 0 Å². The van der Waals surface area contributed by atoms with E-state index in [1.165, 1.54) is 0 Å². The Kier molecular flexibility index (Phi) is 5.81. The van der Waals surface area contributed by atoms with Crippen LogP contribution in [-0.2, 0) is 6.42 Å². The van der Waals surface area contributed by atoms with Gasteiger partial charge in [0.05, 0.1) is 20.3 Å². The summed E-state index contributed by atoms with van der Waals surface area (Å²) in [6.07, 6.45) is 0.647. The fourth-order valence-electron chi connectivity index (χ4n) is 4.99. The Balaban J connectivity index is 1.74.